The molecular formula is C15H15N3O3S. The number of rotatable bonds is 3. The van der Waals surface area contributed by atoms with E-state index in [1.165, 1.54) is 11.3 Å². The summed E-state index contributed by atoms with van der Waals surface area (Å²) in [6, 6.07) is 7.18. The first-order chi connectivity index (χ1) is 10.5. The lowest BCUT2D eigenvalue weighted by Crippen LogP contribution is -2.38. The molecule has 7 heteroatoms. The van der Waals surface area contributed by atoms with Crippen LogP contribution >= 0.6 is 11.3 Å². The van der Waals surface area contributed by atoms with Gasteiger partial charge in [0.2, 0.25) is 0 Å². The molecule has 114 valence electrons. The lowest BCUT2D eigenvalue weighted by Gasteiger charge is -2.14. The minimum atomic E-state index is -0.959. The number of aromatic nitrogens is 1. The highest BCUT2D eigenvalue weighted by molar-refractivity contribution is 7.12. The minimum absolute atomic E-state index is 0.365. The van der Waals surface area contributed by atoms with E-state index in [-0.39, 0.29) is 0 Å². The SMILES string of the molecule is CC(C#Cc1ccc(C(O)c2ccccn2)s1)N(O)C(N)=O. The Balaban J connectivity index is 2.11. The van der Waals surface area contributed by atoms with E-state index in [9.17, 15) is 15.1 Å². The molecule has 0 aromatic carbocycles. The van der Waals surface area contributed by atoms with Gasteiger partial charge in [-0.05, 0) is 31.2 Å². The largest absolute Gasteiger partial charge is 0.381 e. The normalized spacial score (nSPS) is 12.9. The second kappa shape index (κ2) is 7.04. The molecular weight excluding hydrogens is 302 g/mol. The number of urea groups is 1. The molecule has 0 aliphatic rings. The van der Waals surface area contributed by atoms with Crippen molar-refractivity contribution in [3.05, 3.63) is 52.0 Å². The van der Waals surface area contributed by atoms with Crippen molar-refractivity contribution in [1.29, 1.82) is 0 Å². The molecule has 0 saturated carbocycles. The van der Waals surface area contributed by atoms with E-state index in [4.69, 9.17) is 5.73 Å². The highest BCUT2D eigenvalue weighted by Crippen LogP contribution is 2.26. The zero-order valence-electron chi connectivity index (χ0n) is 11.8. The van der Waals surface area contributed by atoms with Crippen molar-refractivity contribution < 1.29 is 15.1 Å². The summed E-state index contributed by atoms with van der Waals surface area (Å²) in [6.45, 7) is 1.55. The maximum atomic E-state index is 10.8. The van der Waals surface area contributed by atoms with Crippen molar-refractivity contribution in [3.63, 3.8) is 0 Å². The van der Waals surface area contributed by atoms with Crippen molar-refractivity contribution in [2.75, 3.05) is 0 Å². The lowest BCUT2D eigenvalue weighted by molar-refractivity contribution is -0.0536. The number of nitrogens with zero attached hydrogens (tertiary/aromatic N) is 2. The summed E-state index contributed by atoms with van der Waals surface area (Å²) in [5, 5.41) is 19.9. The van der Waals surface area contributed by atoms with E-state index in [2.05, 4.69) is 16.8 Å². The van der Waals surface area contributed by atoms with Crippen LogP contribution < -0.4 is 5.73 Å². The number of thiophene rings is 1. The molecule has 2 unspecified atom stereocenters. The van der Waals surface area contributed by atoms with Gasteiger partial charge >= 0.3 is 6.03 Å². The summed E-state index contributed by atoms with van der Waals surface area (Å²) in [5.74, 6) is 5.54. The fourth-order valence-corrected chi connectivity index (χ4v) is 2.55. The van der Waals surface area contributed by atoms with E-state index in [1.807, 2.05) is 0 Å². The molecule has 0 saturated heterocycles. The highest BCUT2D eigenvalue weighted by atomic mass is 32.1. The van der Waals surface area contributed by atoms with Crippen LogP contribution in [0.25, 0.3) is 0 Å². The molecule has 0 aliphatic carbocycles. The summed E-state index contributed by atoms with van der Waals surface area (Å²) >= 11 is 1.32. The molecule has 4 N–H and O–H groups in total. The summed E-state index contributed by atoms with van der Waals surface area (Å²) in [5.41, 5.74) is 5.51. The van der Waals surface area contributed by atoms with Crippen molar-refractivity contribution in [3.8, 4) is 11.8 Å². The first kappa shape index (κ1) is 16.0. The van der Waals surface area contributed by atoms with E-state index in [1.54, 1.807) is 43.5 Å². The molecule has 2 aromatic heterocycles. The Morgan fingerprint density at radius 1 is 1.41 bits per heavy atom. The molecule has 2 amide bonds. The Morgan fingerprint density at radius 2 is 2.18 bits per heavy atom. The van der Waals surface area contributed by atoms with Gasteiger partial charge < -0.3 is 10.8 Å². The molecule has 22 heavy (non-hydrogen) atoms. The van der Waals surface area contributed by atoms with Gasteiger partial charge in [-0.15, -0.1) is 11.3 Å². The number of aliphatic hydroxyl groups is 1. The second-order valence-corrected chi connectivity index (χ2v) is 5.60. The number of nitrogens with two attached hydrogens (primary N) is 1. The molecule has 2 heterocycles. The number of hydrogen-bond donors (Lipinski definition) is 3. The fourth-order valence-electron chi connectivity index (χ4n) is 1.68. The summed E-state index contributed by atoms with van der Waals surface area (Å²) in [6.07, 6.45) is 0.813. The third-order valence-corrected chi connectivity index (χ3v) is 3.91. The van der Waals surface area contributed by atoms with Crippen LogP contribution in [-0.4, -0.2) is 32.4 Å². The Labute approximate surface area is 131 Å². The first-order valence-electron chi connectivity index (χ1n) is 6.47. The van der Waals surface area contributed by atoms with Gasteiger partial charge in [0.15, 0.2) is 0 Å². The number of amides is 2. The topological polar surface area (TPSA) is 99.7 Å². The zero-order chi connectivity index (χ0) is 16.1. The van der Waals surface area contributed by atoms with Crippen LogP contribution in [-0.2, 0) is 0 Å². The van der Waals surface area contributed by atoms with Gasteiger partial charge in [-0.3, -0.25) is 10.2 Å². The predicted octanol–water partition coefficient (Wildman–Crippen LogP) is 1.73. The van der Waals surface area contributed by atoms with Crippen LogP contribution in [0.3, 0.4) is 0 Å². The Kier molecular flexibility index (Phi) is 5.12. The second-order valence-electron chi connectivity index (χ2n) is 4.49. The Bertz CT molecular complexity index is 706. The average molecular weight is 317 g/mol. The van der Waals surface area contributed by atoms with Crippen LogP contribution in [0, 0.1) is 11.8 Å². The van der Waals surface area contributed by atoms with Crippen LogP contribution in [0.4, 0.5) is 4.79 Å². The van der Waals surface area contributed by atoms with Gasteiger partial charge in [0.05, 0.1) is 10.6 Å². The number of aliphatic hydroxyl groups excluding tert-OH is 1. The lowest BCUT2D eigenvalue weighted by atomic mass is 10.2. The van der Waals surface area contributed by atoms with Crippen molar-refractivity contribution in [2.24, 2.45) is 5.73 Å². The third-order valence-electron chi connectivity index (χ3n) is 2.86. The number of carbonyl (C=O) groups is 1. The van der Waals surface area contributed by atoms with E-state index in [0.29, 0.717) is 20.5 Å². The molecule has 2 atom stereocenters. The molecule has 0 fully saturated rings. The highest BCUT2D eigenvalue weighted by Gasteiger charge is 2.14. The Hall–Kier alpha value is -2.40. The maximum absolute atomic E-state index is 10.8. The van der Waals surface area contributed by atoms with Gasteiger partial charge in [0.25, 0.3) is 0 Å². The average Bonchev–Trinajstić information content (AvgIpc) is 3.00. The van der Waals surface area contributed by atoms with Crippen molar-refractivity contribution in [1.82, 2.24) is 10.0 Å². The fraction of sp³-hybridized carbons (Fsp3) is 0.200. The smallest absolute Gasteiger partial charge is 0.339 e. The number of pyridine rings is 1. The molecule has 2 rings (SSSR count). The van der Waals surface area contributed by atoms with Crippen LogP contribution in [0.2, 0.25) is 0 Å². The quantitative estimate of drug-likeness (QED) is 0.456. The number of primary amides is 1. The standard InChI is InChI=1S/C15H15N3O3S/c1-10(18(21)15(16)20)5-6-11-7-8-13(22-11)14(19)12-4-2-3-9-17-12/h2-4,7-10,14,19,21H,1H3,(H2,16,20). The molecule has 0 radical (unpaired) electrons. The van der Waals surface area contributed by atoms with E-state index < -0.39 is 18.2 Å². The summed E-state index contributed by atoms with van der Waals surface area (Å²) in [4.78, 5) is 16.3. The van der Waals surface area contributed by atoms with Gasteiger partial charge in [0, 0.05) is 11.1 Å². The predicted molar refractivity (Wildman–Crippen MR) is 82.2 cm³/mol. The third kappa shape index (κ3) is 3.83. The Morgan fingerprint density at radius 3 is 2.82 bits per heavy atom. The number of carbonyl (C=O) groups excluding carboxylic acids is 1. The maximum Gasteiger partial charge on any atom is 0.339 e. The minimum Gasteiger partial charge on any atom is -0.381 e. The molecule has 2 aromatic rings. The molecule has 6 nitrogen and oxygen atoms in total. The van der Waals surface area contributed by atoms with Crippen LogP contribution in [0.5, 0.6) is 0 Å². The molecule has 0 spiro atoms. The van der Waals surface area contributed by atoms with Gasteiger partial charge in [-0.2, -0.15) is 5.06 Å². The molecule has 0 aliphatic heterocycles. The summed E-state index contributed by atoms with van der Waals surface area (Å²) in [7, 11) is 0. The number of hydrogen-bond acceptors (Lipinski definition) is 5. The van der Waals surface area contributed by atoms with Crippen LogP contribution in [0.1, 0.15) is 28.5 Å². The molecule has 0 bridgehead atoms. The van der Waals surface area contributed by atoms with Gasteiger partial charge in [0.1, 0.15) is 12.1 Å². The van der Waals surface area contributed by atoms with Gasteiger partial charge in [-0.1, -0.05) is 17.9 Å². The van der Waals surface area contributed by atoms with E-state index in [0.717, 1.165) is 0 Å². The van der Waals surface area contributed by atoms with Crippen LogP contribution in [0.15, 0.2) is 36.5 Å². The number of hydroxylamine groups is 2. The van der Waals surface area contributed by atoms with Crippen molar-refractivity contribution >= 4 is 17.4 Å². The van der Waals surface area contributed by atoms with E-state index >= 15 is 0 Å². The zero-order valence-corrected chi connectivity index (χ0v) is 12.6. The van der Waals surface area contributed by atoms with Crippen molar-refractivity contribution in [2.45, 2.75) is 19.1 Å². The first-order valence-corrected chi connectivity index (χ1v) is 7.28. The summed E-state index contributed by atoms with van der Waals surface area (Å²) < 4.78 is 0. The monoisotopic (exact) mass is 317 g/mol. The van der Waals surface area contributed by atoms with Gasteiger partial charge in [-0.25, -0.2) is 4.79 Å².